The smallest absolute Gasteiger partial charge is 0.106 e. The number of hydrogen-bond donors (Lipinski definition) is 2. The van der Waals surface area contributed by atoms with Gasteiger partial charge in [-0.2, -0.15) is 0 Å². The fourth-order valence-electron chi connectivity index (χ4n) is 1.66. The van der Waals surface area contributed by atoms with Gasteiger partial charge in [-0.3, -0.25) is 0 Å². The Hall–Kier alpha value is -1.29. The van der Waals surface area contributed by atoms with Gasteiger partial charge in [-0.25, -0.2) is 0 Å². The van der Waals surface area contributed by atoms with Gasteiger partial charge in [-0.15, -0.1) is 0 Å². The van der Waals surface area contributed by atoms with Crippen LogP contribution in [0.4, 0.5) is 11.4 Å². The van der Waals surface area contributed by atoms with Crippen LogP contribution in [0.5, 0.6) is 0 Å². The van der Waals surface area contributed by atoms with Gasteiger partial charge in [0, 0.05) is 27.0 Å². The lowest BCUT2D eigenvalue weighted by Gasteiger charge is -2.12. The second kappa shape index (κ2) is 5.78. The number of aryl methyl sites for hydroxylation is 1. The van der Waals surface area contributed by atoms with Gasteiger partial charge in [0.15, 0.2) is 0 Å². The number of nitrogens with two attached hydrogens (primary N) is 1. The summed E-state index contributed by atoms with van der Waals surface area (Å²) in [6.45, 7) is 1.95. The number of benzene rings is 2. The summed E-state index contributed by atoms with van der Waals surface area (Å²) in [6.07, 6.45) is 0. The summed E-state index contributed by atoms with van der Waals surface area (Å²) in [4.78, 5) is 0.295. The molecule has 2 nitrogen and oxygen atoms in total. The molecular weight excluding hydrogens is 299 g/mol. The van der Waals surface area contributed by atoms with E-state index in [1.807, 2.05) is 31.2 Å². The van der Waals surface area contributed by atoms with E-state index >= 15 is 0 Å². The van der Waals surface area contributed by atoms with Crippen LogP contribution in [0.3, 0.4) is 0 Å². The van der Waals surface area contributed by atoms with Crippen molar-refractivity contribution in [2.45, 2.75) is 6.92 Å². The molecule has 0 amide bonds. The number of halogens is 2. The van der Waals surface area contributed by atoms with Crippen LogP contribution in [-0.4, -0.2) is 4.99 Å². The first-order valence-corrected chi connectivity index (χ1v) is 6.76. The molecule has 2 rings (SSSR count). The molecule has 0 saturated carbocycles. The molecule has 0 heterocycles. The van der Waals surface area contributed by atoms with Gasteiger partial charge in [0.25, 0.3) is 0 Å². The molecule has 0 spiro atoms. The minimum atomic E-state index is 0.295. The molecule has 0 saturated heterocycles. The van der Waals surface area contributed by atoms with Crippen LogP contribution in [0.15, 0.2) is 36.4 Å². The number of hydrogen-bond acceptors (Lipinski definition) is 2. The third kappa shape index (κ3) is 3.38. The Balaban J connectivity index is 2.37. The highest BCUT2D eigenvalue weighted by Gasteiger charge is 2.07. The summed E-state index contributed by atoms with van der Waals surface area (Å²) in [6, 6.07) is 11.1. The quantitative estimate of drug-likeness (QED) is 0.808. The van der Waals surface area contributed by atoms with Crippen LogP contribution in [-0.2, 0) is 0 Å². The first kappa shape index (κ1) is 14.1. The van der Waals surface area contributed by atoms with Crippen molar-refractivity contribution in [3.63, 3.8) is 0 Å². The molecule has 0 aliphatic heterocycles. The summed E-state index contributed by atoms with van der Waals surface area (Å²) in [7, 11) is 0. The zero-order chi connectivity index (χ0) is 14.0. The van der Waals surface area contributed by atoms with Crippen molar-refractivity contribution >= 4 is 51.8 Å². The van der Waals surface area contributed by atoms with Crippen LogP contribution >= 0.6 is 35.4 Å². The first-order valence-electron chi connectivity index (χ1n) is 5.60. The third-order valence-electron chi connectivity index (χ3n) is 2.70. The Morgan fingerprint density at radius 3 is 2.53 bits per heavy atom. The van der Waals surface area contributed by atoms with Crippen molar-refractivity contribution in [2.75, 3.05) is 5.32 Å². The van der Waals surface area contributed by atoms with E-state index in [-0.39, 0.29) is 0 Å². The predicted octanol–water partition coefficient (Wildman–Crippen LogP) is 4.68. The van der Waals surface area contributed by atoms with Crippen LogP contribution in [0, 0.1) is 6.92 Å². The molecule has 5 heteroatoms. The summed E-state index contributed by atoms with van der Waals surface area (Å²) >= 11 is 17.1. The number of rotatable bonds is 3. The molecule has 0 atom stereocenters. The maximum absolute atomic E-state index is 6.10. The van der Waals surface area contributed by atoms with Gasteiger partial charge in [-0.05, 0) is 42.8 Å². The highest BCUT2D eigenvalue weighted by molar-refractivity contribution is 7.80. The monoisotopic (exact) mass is 310 g/mol. The van der Waals surface area contributed by atoms with Crippen molar-refractivity contribution < 1.29 is 0 Å². The largest absolute Gasteiger partial charge is 0.389 e. The minimum Gasteiger partial charge on any atom is -0.389 e. The maximum Gasteiger partial charge on any atom is 0.106 e. The van der Waals surface area contributed by atoms with Crippen molar-refractivity contribution in [2.24, 2.45) is 5.73 Å². The van der Waals surface area contributed by atoms with E-state index in [4.69, 9.17) is 41.2 Å². The first-order chi connectivity index (χ1) is 8.97. The minimum absolute atomic E-state index is 0.295. The van der Waals surface area contributed by atoms with E-state index in [1.165, 1.54) is 0 Å². The maximum atomic E-state index is 6.10. The third-order valence-corrected chi connectivity index (χ3v) is 3.56. The molecule has 3 N–H and O–H groups in total. The molecule has 0 fully saturated rings. The average molecular weight is 311 g/mol. The Bertz CT molecular complexity index is 641. The van der Waals surface area contributed by atoms with Gasteiger partial charge in [0.05, 0.1) is 0 Å². The second-order valence-electron chi connectivity index (χ2n) is 4.14. The topological polar surface area (TPSA) is 38.0 Å². The molecule has 0 unspecified atom stereocenters. The molecule has 0 aromatic heterocycles. The van der Waals surface area contributed by atoms with E-state index in [9.17, 15) is 0 Å². The van der Waals surface area contributed by atoms with Gasteiger partial charge in [0.2, 0.25) is 0 Å². The summed E-state index contributed by atoms with van der Waals surface area (Å²) in [5.74, 6) is 0. The van der Waals surface area contributed by atoms with E-state index in [2.05, 4.69) is 5.32 Å². The van der Waals surface area contributed by atoms with E-state index in [0.29, 0.717) is 20.6 Å². The average Bonchev–Trinajstić information content (AvgIpc) is 2.36. The van der Waals surface area contributed by atoms with E-state index < -0.39 is 0 Å². The molecule has 0 aliphatic carbocycles. The molecule has 0 radical (unpaired) electrons. The van der Waals surface area contributed by atoms with E-state index in [0.717, 1.165) is 16.9 Å². The standard InChI is InChI=1S/C14H12Cl2N2S/c1-8-2-4-10(7-12(8)16)18-13-5-3-9(15)6-11(13)14(17)19/h2-7,18H,1H3,(H2,17,19). The number of anilines is 2. The molecule has 98 valence electrons. The zero-order valence-corrected chi connectivity index (χ0v) is 12.5. The molecule has 2 aromatic carbocycles. The van der Waals surface area contributed by atoms with Crippen molar-refractivity contribution in [1.82, 2.24) is 0 Å². The summed E-state index contributed by atoms with van der Waals surface area (Å²) in [5, 5.41) is 4.54. The number of thiocarbonyl (C=S) groups is 1. The Morgan fingerprint density at radius 2 is 1.89 bits per heavy atom. The summed E-state index contributed by atoms with van der Waals surface area (Å²) in [5.41, 5.74) is 9.10. The lowest BCUT2D eigenvalue weighted by Crippen LogP contribution is -2.11. The lowest BCUT2D eigenvalue weighted by molar-refractivity contribution is 1.45. The highest BCUT2D eigenvalue weighted by Crippen LogP contribution is 2.27. The lowest BCUT2D eigenvalue weighted by atomic mass is 10.1. The van der Waals surface area contributed by atoms with Crippen LogP contribution in [0.1, 0.15) is 11.1 Å². The van der Waals surface area contributed by atoms with E-state index in [1.54, 1.807) is 12.1 Å². The molecule has 19 heavy (non-hydrogen) atoms. The molecule has 0 bridgehead atoms. The molecule has 2 aromatic rings. The Kier molecular flexibility index (Phi) is 4.30. The van der Waals surface area contributed by atoms with Gasteiger partial charge >= 0.3 is 0 Å². The number of nitrogens with one attached hydrogen (secondary N) is 1. The zero-order valence-electron chi connectivity index (χ0n) is 10.2. The van der Waals surface area contributed by atoms with Gasteiger partial charge < -0.3 is 11.1 Å². The fourth-order valence-corrected chi connectivity index (χ4v) is 2.18. The molecular formula is C14H12Cl2N2S. The summed E-state index contributed by atoms with van der Waals surface area (Å²) < 4.78 is 0. The van der Waals surface area contributed by atoms with Crippen molar-refractivity contribution in [3.8, 4) is 0 Å². The van der Waals surface area contributed by atoms with Gasteiger partial charge in [0.1, 0.15) is 4.99 Å². The van der Waals surface area contributed by atoms with Crippen LogP contribution < -0.4 is 11.1 Å². The normalized spacial score (nSPS) is 10.3. The fraction of sp³-hybridized carbons (Fsp3) is 0.0714. The highest BCUT2D eigenvalue weighted by atomic mass is 35.5. The van der Waals surface area contributed by atoms with Crippen molar-refractivity contribution in [3.05, 3.63) is 57.6 Å². The van der Waals surface area contributed by atoms with Crippen LogP contribution in [0.25, 0.3) is 0 Å². The SMILES string of the molecule is Cc1ccc(Nc2ccc(Cl)cc2C(N)=S)cc1Cl. The Labute approximate surface area is 127 Å². The van der Waals surface area contributed by atoms with Crippen molar-refractivity contribution in [1.29, 1.82) is 0 Å². The van der Waals surface area contributed by atoms with Gasteiger partial charge in [-0.1, -0.05) is 41.5 Å². The second-order valence-corrected chi connectivity index (χ2v) is 5.43. The van der Waals surface area contributed by atoms with Crippen LogP contribution in [0.2, 0.25) is 10.0 Å². The Morgan fingerprint density at radius 1 is 1.16 bits per heavy atom. The predicted molar refractivity (Wildman–Crippen MR) is 86.8 cm³/mol. The molecule has 0 aliphatic rings.